The molecule has 1 fully saturated rings. The van der Waals surface area contributed by atoms with Crippen LogP contribution in [0.2, 0.25) is 0 Å². The van der Waals surface area contributed by atoms with Crippen molar-refractivity contribution >= 4 is 0 Å². The minimum absolute atomic E-state index is 0.0300. The maximum Gasteiger partial charge on any atom is 0.100 e. The molecule has 3 atom stereocenters. The lowest BCUT2D eigenvalue weighted by atomic mass is 9.95. The number of nitrogens with one attached hydrogen (secondary N) is 2. The molecular formula is C12H22N2O. The average Bonchev–Trinajstić information content (AvgIpc) is 2.20. The van der Waals surface area contributed by atoms with Gasteiger partial charge in [-0.1, -0.05) is 20.1 Å². The van der Waals surface area contributed by atoms with Gasteiger partial charge < -0.3 is 15.4 Å². The van der Waals surface area contributed by atoms with Crippen molar-refractivity contribution in [1.82, 2.24) is 10.6 Å². The summed E-state index contributed by atoms with van der Waals surface area (Å²) in [6.07, 6.45) is 0.953. The normalized spacial score (nSPS) is 33.9. The molecule has 0 aromatic rings. The Bertz CT molecular complexity index is 250. The summed E-state index contributed by atoms with van der Waals surface area (Å²) in [4.78, 5) is 0. The molecule has 0 bridgehead atoms. The number of methoxy groups -OCH3 is 1. The fraction of sp³-hybridized carbons (Fsp3) is 0.667. The lowest BCUT2D eigenvalue weighted by Crippen LogP contribution is -2.40. The van der Waals surface area contributed by atoms with Crippen LogP contribution >= 0.6 is 0 Å². The van der Waals surface area contributed by atoms with Gasteiger partial charge in [0, 0.05) is 37.0 Å². The van der Waals surface area contributed by atoms with Gasteiger partial charge in [-0.05, 0) is 13.3 Å². The second kappa shape index (κ2) is 5.33. The lowest BCUT2D eigenvalue weighted by molar-refractivity contribution is 0.0709. The second-order valence-corrected chi connectivity index (χ2v) is 4.26. The van der Waals surface area contributed by atoms with Gasteiger partial charge in [-0.2, -0.15) is 0 Å². The molecule has 0 aliphatic carbocycles. The molecule has 1 aliphatic heterocycles. The van der Waals surface area contributed by atoms with Crippen LogP contribution in [0, 0.1) is 5.92 Å². The standard InChI is InChI=1S/C12H22N2O/c1-8-6-7-13-10(3)9(2)12(15-5)11(4)14-8/h9-10,12-14H,1,4,6-7H2,2-3,5H3/t9-,10+,12?/m1/s1. The summed E-state index contributed by atoms with van der Waals surface area (Å²) >= 11 is 0. The molecule has 0 aromatic carbocycles. The van der Waals surface area contributed by atoms with Crippen LogP contribution in [0.3, 0.4) is 0 Å². The molecule has 2 N–H and O–H groups in total. The van der Waals surface area contributed by atoms with E-state index < -0.39 is 0 Å². The van der Waals surface area contributed by atoms with Crippen LogP contribution in [0.5, 0.6) is 0 Å². The van der Waals surface area contributed by atoms with Crippen LogP contribution in [0.25, 0.3) is 0 Å². The Morgan fingerprint density at radius 2 is 2.00 bits per heavy atom. The zero-order valence-corrected chi connectivity index (χ0v) is 9.97. The Morgan fingerprint density at radius 3 is 2.60 bits per heavy atom. The highest BCUT2D eigenvalue weighted by Crippen LogP contribution is 2.19. The molecule has 0 amide bonds. The van der Waals surface area contributed by atoms with Gasteiger partial charge in [0.15, 0.2) is 0 Å². The summed E-state index contributed by atoms with van der Waals surface area (Å²) in [5, 5.41) is 6.69. The highest BCUT2D eigenvalue weighted by molar-refractivity contribution is 5.12. The van der Waals surface area contributed by atoms with Gasteiger partial charge in [-0.3, -0.25) is 0 Å². The van der Waals surface area contributed by atoms with E-state index in [1.165, 1.54) is 0 Å². The zero-order valence-electron chi connectivity index (χ0n) is 9.97. The Labute approximate surface area is 92.6 Å². The second-order valence-electron chi connectivity index (χ2n) is 4.26. The summed E-state index contributed by atoms with van der Waals surface area (Å²) in [5.74, 6) is 0.390. The van der Waals surface area contributed by atoms with Crippen molar-refractivity contribution in [3.05, 3.63) is 24.6 Å². The molecule has 1 heterocycles. The largest absolute Gasteiger partial charge is 0.375 e. The van der Waals surface area contributed by atoms with Gasteiger partial charge >= 0.3 is 0 Å². The Morgan fingerprint density at radius 1 is 1.33 bits per heavy atom. The van der Waals surface area contributed by atoms with Crippen molar-refractivity contribution in [2.45, 2.75) is 32.4 Å². The van der Waals surface area contributed by atoms with Gasteiger partial charge in [0.2, 0.25) is 0 Å². The molecule has 86 valence electrons. The quantitative estimate of drug-likeness (QED) is 0.690. The third kappa shape index (κ3) is 3.08. The lowest BCUT2D eigenvalue weighted by Gasteiger charge is -2.28. The van der Waals surface area contributed by atoms with Crippen molar-refractivity contribution in [2.75, 3.05) is 13.7 Å². The first kappa shape index (κ1) is 12.3. The topological polar surface area (TPSA) is 33.3 Å². The van der Waals surface area contributed by atoms with Crippen molar-refractivity contribution in [1.29, 1.82) is 0 Å². The smallest absolute Gasteiger partial charge is 0.100 e. The van der Waals surface area contributed by atoms with E-state index in [1.54, 1.807) is 7.11 Å². The highest BCUT2D eigenvalue weighted by Gasteiger charge is 2.26. The number of hydrogen-bond acceptors (Lipinski definition) is 3. The molecule has 0 saturated carbocycles. The first-order valence-electron chi connectivity index (χ1n) is 5.46. The van der Waals surface area contributed by atoms with Crippen LogP contribution in [0.1, 0.15) is 20.3 Å². The van der Waals surface area contributed by atoms with Gasteiger partial charge in [-0.15, -0.1) is 0 Å². The van der Waals surface area contributed by atoms with E-state index in [9.17, 15) is 0 Å². The molecule has 1 unspecified atom stereocenters. The van der Waals surface area contributed by atoms with Crippen LogP contribution in [0.4, 0.5) is 0 Å². The molecular weight excluding hydrogens is 188 g/mol. The maximum atomic E-state index is 5.48. The van der Waals surface area contributed by atoms with E-state index in [1.807, 2.05) is 0 Å². The third-order valence-corrected chi connectivity index (χ3v) is 3.09. The molecule has 0 aromatic heterocycles. The number of rotatable bonds is 1. The summed E-state index contributed by atoms with van der Waals surface area (Å²) < 4.78 is 5.48. The van der Waals surface area contributed by atoms with Gasteiger partial charge in [0.1, 0.15) is 6.10 Å². The molecule has 15 heavy (non-hydrogen) atoms. The molecule has 0 radical (unpaired) electrons. The van der Waals surface area contributed by atoms with Crippen LogP contribution in [-0.4, -0.2) is 25.8 Å². The van der Waals surface area contributed by atoms with Crippen molar-refractivity contribution in [3.8, 4) is 0 Å². The Balaban J connectivity index is 2.80. The first-order valence-corrected chi connectivity index (χ1v) is 5.46. The fourth-order valence-corrected chi connectivity index (χ4v) is 1.93. The molecule has 1 rings (SSSR count). The molecule has 1 aliphatic rings. The SMILES string of the molecule is C=C1CCN[C@@H](C)[C@@H](C)C(OC)C(=C)N1. The van der Waals surface area contributed by atoms with Crippen LogP contribution in [0.15, 0.2) is 24.6 Å². The van der Waals surface area contributed by atoms with E-state index in [0.29, 0.717) is 12.0 Å². The monoisotopic (exact) mass is 210 g/mol. The number of hydrogen-bond donors (Lipinski definition) is 2. The predicted molar refractivity (Wildman–Crippen MR) is 63.5 cm³/mol. The van der Waals surface area contributed by atoms with E-state index in [4.69, 9.17) is 4.74 Å². The van der Waals surface area contributed by atoms with E-state index >= 15 is 0 Å². The molecule has 3 heteroatoms. The molecule has 3 nitrogen and oxygen atoms in total. The van der Waals surface area contributed by atoms with Crippen LogP contribution in [-0.2, 0) is 4.74 Å². The van der Waals surface area contributed by atoms with Crippen molar-refractivity contribution in [2.24, 2.45) is 5.92 Å². The first-order chi connectivity index (χ1) is 7.06. The average molecular weight is 210 g/mol. The summed E-state index contributed by atoms with van der Waals surface area (Å²) in [7, 11) is 1.72. The minimum atomic E-state index is 0.0300. The maximum absolute atomic E-state index is 5.48. The summed E-state index contributed by atoms with van der Waals surface area (Å²) in [6, 6.07) is 0.416. The van der Waals surface area contributed by atoms with Gasteiger partial charge in [-0.25, -0.2) is 0 Å². The summed E-state index contributed by atoms with van der Waals surface area (Å²) in [5.41, 5.74) is 1.90. The van der Waals surface area contributed by atoms with E-state index in [0.717, 1.165) is 24.4 Å². The Kier molecular flexibility index (Phi) is 4.36. The molecule has 1 saturated heterocycles. The zero-order chi connectivity index (χ0) is 11.4. The highest BCUT2D eigenvalue weighted by atomic mass is 16.5. The minimum Gasteiger partial charge on any atom is -0.375 e. The van der Waals surface area contributed by atoms with Gasteiger partial charge in [0.05, 0.1) is 0 Å². The van der Waals surface area contributed by atoms with E-state index in [-0.39, 0.29) is 6.10 Å². The van der Waals surface area contributed by atoms with Crippen molar-refractivity contribution in [3.63, 3.8) is 0 Å². The third-order valence-electron chi connectivity index (χ3n) is 3.09. The van der Waals surface area contributed by atoms with Crippen LogP contribution < -0.4 is 10.6 Å². The Hall–Kier alpha value is -0.800. The van der Waals surface area contributed by atoms with Crippen molar-refractivity contribution < 1.29 is 4.74 Å². The van der Waals surface area contributed by atoms with E-state index in [2.05, 4.69) is 37.6 Å². The predicted octanol–water partition coefficient (Wildman–Crippen LogP) is 1.64. The summed E-state index contributed by atoms with van der Waals surface area (Å²) in [6.45, 7) is 13.3. The number of ether oxygens (including phenoxy) is 1. The molecule has 0 spiro atoms. The fourth-order valence-electron chi connectivity index (χ4n) is 1.93. The van der Waals surface area contributed by atoms with Gasteiger partial charge in [0.25, 0.3) is 0 Å².